The Labute approximate surface area is 78.0 Å². The summed E-state index contributed by atoms with van der Waals surface area (Å²) in [6, 6.07) is 1.74. The predicted octanol–water partition coefficient (Wildman–Crippen LogP) is 1.66. The Kier molecular flexibility index (Phi) is 3.04. The molecule has 0 radical (unpaired) electrons. The molecule has 4 nitrogen and oxygen atoms in total. The number of halogens is 1. The Hall–Kier alpha value is -1.10. The third-order valence-corrected chi connectivity index (χ3v) is 1.67. The molecule has 1 heterocycles. The summed E-state index contributed by atoms with van der Waals surface area (Å²) < 4.78 is 5.72. The van der Waals surface area contributed by atoms with Crippen molar-refractivity contribution in [2.24, 2.45) is 5.16 Å². The first-order chi connectivity index (χ1) is 5.77. The largest absolute Gasteiger partial charge is 0.481 e. The molecule has 1 aromatic heterocycles. The van der Waals surface area contributed by atoms with Crippen molar-refractivity contribution in [2.75, 3.05) is 7.11 Å². The molecule has 0 saturated heterocycles. The van der Waals surface area contributed by atoms with Crippen molar-refractivity contribution in [3.63, 3.8) is 0 Å². The van der Waals surface area contributed by atoms with Gasteiger partial charge in [0.1, 0.15) is 0 Å². The van der Waals surface area contributed by atoms with E-state index in [1.54, 1.807) is 12.3 Å². The molecule has 0 aliphatic heterocycles. The van der Waals surface area contributed by atoms with Gasteiger partial charge in [-0.1, -0.05) is 5.16 Å². The Morgan fingerprint density at radius 1 is 1.75 bits per heavy atom. The maximum absolute atomic E-state index is 8.30. The summed E-state index contributed by atoms with van der Waals surface area (Å²) in [5.74, 6) is 0.427. The lowest BCUT2D eigenvalue weighted by atomic mass is 10.3. The summed E-state index contributed by atoms with van der Waals surface area (Å²) >= 11 is 3.23. The van der Waals surface area contributed by atoms with Crippen molar-refractivity contribution in [3.05, 3.63) is 22.3 Å². The molecule has 1 aromatic rings. The molecule has 0 aliphatic carbocycles. The molecule has 1 rings (SSSR count). The zero-order valence-corrected chi connectivity index (χ0v) is 7.95. The zero-order valence-electron chi connectivity index (χ0n) is 6.36. The maximum Gasteiger partial charge on any atom is 0.222 e. The van der Waals surface area contributed by atoms with Crippen LogP contribution in [0.3, 0.4) is 0 Å². The van der Waals surface area contributed by atoms with E-state index in [2.05, 4.69) is 26.1 Å². The Bertz CT molecular complexity index is 301. The molecular formula is C7H7BrN2O2. The van der Waals surface area contributed by atoms with Gasteiger partial charge < -0.3 is 9.94 Å². The summed E-state index contributed by atoms with van der Waals surface area (Å²) in [5, 5.41) is 11.2. The van der Waals surface area contributed by atoms with Gasteiger partial charge in [0.15, 0.2) is 0 Å². The topological polar surface area (TPSA) is 54.7 Å². The standard InChI is InChI=1S/C7H7BrN2O2/c1-12-7-5(3-10-11)2-6(8)4-9-7/h2-4,11H,1H3/b10-3+. The first-order valence-corrected chi connectivity index (χ1v) is 3.94. The van der Waals surface area contributed by atoms with Gasteiger partial charge in [0.05, 0.1) is 18.9 Å². The molecule has 12 heavy (non-hydrogen) atoms. The van der Waals surface area contributed by atoms with Crippen LogP contribution in [0.25, 0.3) is 0 Å². The van der Waals surface area contributed by atoms with Crippen molar-refractivity contribution in [1.82, 2.24) is 4.98 Å². The monoisotopic (exact) mass is 230 g/mol. The molecule has 0 saturated carbocycles. The predicted molar refractivity (Wildman–Crippen MR) is 47.9 cm³/mol. The molecule has 0 aliphatic rings. The van der Waals surface area contributed by atoms with Crippen LogP contribution in [0.15, 0.2) is 21.9 Å². The van der Waals surface area contributed by atoms with Crippen LogP contribution >= 0.6 is 15.9 Å². The highest BCUT2D eigenvalue weighted by atomic mass is 79.9. The lowest BCUT2D eigenvalue weighted by Gasteiger charge is -2.01. The fraction of sp³-hybridized carbons (Fsp3) is 0.143. The highest BCUT2D eigenvalue weighted by Gasteiger charge is 2.01. The van der Waals surface area contributed by atoms with Gasteiger partial charge in [0.2, 0.25) is 5.88 Å². The van der Waals surface area contributed by atoms with Gasteiger partial charge >= 0.3 is 0 Å². The molecule has 0 aromatic carbocycles. The van der Waals surface area contributed by atoms with Crippen LogP contribution in [0.5, 0.6) is 5.88 Å². The van der Waals surface area contributed by atoms with E-state index in [0.717, 1.165) is 4.47 Å². The normalized spacial score (nSPS) is 10.5. The number of hydrogen-bond acceptors (Lipinski definition) is 4. The summed E-state index contributed by atoms with van der Waals surface area (Å²) in [6.45, 7) is 0. The Balaban J connectivity index is 3.12. The van der Waals surface area contributed by atoms with E-state index < -0.39 is 0 Å². The third-order valence-electron chi connectivity index (χ3n) is 1.24. The van der Waals surface area contributed by atoms with Crippen molar-refractivity contribution < 1.29 is 9.94 Å². The second kappa shape index (κ2) is 4.06. The molecule has 0 amide bonds. The van der Waals surface area contributed by atoms with Crippen LogP contribution in [0.2, 0.25) is 0 Å². The quantitative estimate of drug-likeness (QED) is 0.478. The number of hydrogen-bond donors (Lipinski definition) is 1. The third kappa shape index (κ3) is 1.94. The molecule has 0 fully saturated rings. The summed E-state index contributed by atoms with van der Waals surface area (Å²) in [4.78, 5) is 3.94. The second-order valence-electron chi connectivity index (χ2n) is 2.00. The van der Waals surface area contributed by atoms with Crippen molar-refractivity contribution in [3.8, 4) is 5.88 Å². The van der Waals surface area contributed by atoms with Gasteiger partial charge in [0, 0.05) is 10.7 Å². The van der Waals surface area contributed by atoms with Crippen LogP contribution in [-0.4, -0.2) is 23.5 Å². The number of aromatic nitrogens is 1. The zero-order chi connectivity index (χ0) is 8.97. The van der Waals surface area contributed by atoms with Crippen LogP contribution in [0.1, 0.15) is 5.56 Å². The lowest BCUT2D eigenvalue weighted by molar-refractivity contribution is 0.321. The van der Waals surface area contributed by atoms with Crippen molar-refractivity contribution in [1.29, 1.82) is 0 Å². The van der Waals surface area contributed by atoms with Crippen LogP contribution in [0, 0.1) is 0 Å². The highest BCUT2D eigenvalue weighted by molar-refractivity contribution is 9.10. The average Bonchev–Trinajstić information content (AvgIpc) is 2.05. The highest BCUT2D eigenvalue weighted by Crippen LogP contribution is 2.17. The summed E-state index contributed by atoms with van der Waals surface area (Å²) in [5.41, 5.74) is 0.620. The van der Waals surface area contributed by atoms with Crippen LogP contribution in [-0.2, 0) is 0 Å². The smallest absolute Gasteiger partial charge is 0.222 e. The Morgan fingerprint density at radius 3 is 3.08 bits per heavy atom. The number of oxime groups is 1. The molecule has 1 N–H and O–H groups in total. The fourth-order valence-electron chi connectivity index (χ4n) is 0.768. The maximum atomic E-state index is 8.30. The minimum atomic E-state index is 0.427. The summed E-state index contributed by atoms with van der Waals surface area (Å²) in [7, 11) is 1.50. The first-order valence-electron chi connectivity index (χ1n) is 3.15. The van der Waals surface area contributed by atoms with Gasteiger partial charge in [-0.2, -0.15) is 0 Å². The van der Waals surface area contributed by atoms with Gasteiger partial charge in [-0.05, 0) is 22.0 Å². The number of rotatable bonds is 2. The molecule has 0 atom stereocenters. The van der Waals surface area contributed by atoms with E-state index in [9.17, 15) is 0 Å². The molecule has 0 bridgehead atoms. The number of nitrogens with zero attached hydrogens (tertiary/aromatic N) is 2. The van der Waals surface area contributed by atoms with Crippen LogP contribution < -0.4 is 4.74 Å². The minimum absolute atomic E-state index is 0.427. The van der Waals surface area contributed by atoms with E-state index in [0.29, 0.717) is 11.4 Å². The number of ether oxygens (including phenoxy) is 1. The first kappa shape index (κ1) is 8.99. The minimum Gasteiger partial charge on any atom is -0.481 e. The average molecular weight is 231 g/mol. The fourth-order valence-corrected chi connectivity index (χ4v) is 1.12. The number of pyridine rings is 1. The van der Waals surface area contributed by atoms with Gasteiger partial charge in [0.25, 0.3) is 0 Å². The SMILES string of the molecule is COc1ncc(Br)cc1/C=N/O. The molecule has 64 valence electrons. The molecule has 0 unspecified atom stereocenters. The van der Waals surface area contributed by atoms with Gasteiger partial charge in [-0.15, -0.1) is 0 Å². The van der Waals surface area contributed by atoms with Crippen molar-refractivity contribution >= 4 is 22.1 Å². The van der Waals surface area contributed by atoms with Crippen LogP contribution in [0.4, 0.5) is 0 Å². The number of methoxy groups -OCH3 is 1. The van der Waals surface area contributed by atoms with E-state index >= 15 is 0 Å². The molecule has 0 spiro atoms. The van der Waals surface area contributed by atoms with E-state index in [1.165, 1.54) is 13.3 Å². The second-order valence-corrected chi connectivity index (χ2v) is 2.91. The van der Waals surface area contributed by atoms with Crippen molar-refractivity contribution in [2.45, 2.75) is 0 Å². The van der Waals surface area contributed by atoms with E-state index in [-0.39, 0.29) is 0 Å². The Morgan fingerprint density at radius 2 is 2.50 bits per heavy atom. The van der Waals surface area contributed by atoms with E-state index in [1.807, 2.05) is 0 Å². The lowest BCUT2D eigenvalue weighted by Crippen LogP contribution is -1.93. The van der Waals surface area contributed by atoms with Gasteiger partial charge in [-0.25, -0.2) is 4.98 Å². The summed E-state index contributed by atoms with van der Waals surface area (Å²) in [6.07, 6.45) is 2.87. The molecule has 5 heteroatoms. The van der Waals surface area contributed by atoms with E-state index in [4.69, 9.17) is 9.94 Å². The molecular weight excluding hydrogens is 224 g/mol. The van der Waals surface area contributed by atoms with Gasteiger partial charge in [-0.3, -0.25) is 0 Å².